The molecule has 0 amide bonds. The molecule has 1 unspecified atom stereocenters. The molecule has 4 heteroatoms. The second kappa shape index (κ2) is 6.45. The minimum Gasteiger partial charge on any atom is -0.465 e. The molecule has 0 heterocycles. The third kappa shape index (κ3) is 4.23. The van der Waals surface area contributed by atoms with E-state index in [9.17, 15) is 9.59 Å². The van der Waals surface area contributed by atoms with Crippen molar-refractivity contribution in [2.45, 2.75) is 30.9 Å². The highest BCUT2D eigenvalue weighted by Gasteiger charge is 2.25. The van der Waals surface area contributed by atoms with Crippen LogP contribution < -0.4 is 0 Å². The van der Waals surface area contributed by atoms with Crippen LogP contribution in [0.25, 0.3) is 0 Å². The Balaban J connectivity index is 2.76. The summed E-state index contributed by atoms with van der Waals surface area (Å²) < 4.78 is 4.88. The lowest BCUT2D eigenvalue weighted by Crippen LogP contribution is -2.27. The molecule has 1 aromatic rings. The molecule has 0 saturated heterocycles. The number of aryl methyl sites for hydroxylation is 1. The monoisotopic (exact) mass is 252 g/mol. The topological polar surface area (TPSA) is 43.4 Å². The Labute approximate surface area is 106 Å². The van der Waals surface area contributed by atoms with Crippen LogP contribution in [0.5, 0.6) is 0 Å². The molecule has 1 rings (SSSR count). The van der Waals surface area contributed by atoms with Crippen molar-refractivity contribution in [1.29, 1.82) is 0 Å². The van der Waals surface area contributed by atoms with Gasteiger partial charge in [0.1, 0.15) is 0 Å². The summed E-state index contributed by atoms with van der Waals surface area (Å²) in [6.07, 6.45) is 0. The zero-order chi connectivity index (χ0) is 12.8. The Kier molecular flexibility index (Phi) is 5.22. The third-order valence-corrected chi connectivity index (χ3v) is 3.45. The van der Waals surface area contributed by atoms with Crippen molar-refractivity contribution >= 4 is 23.5 Å². The summed E-state index contributed by atoms with van der Waals surface area (Å²) >= 11 is 1.23. The van der Waals surface area contributed by atoms with Crippen LogP contribution in [-0.2, 0) is 14.3 Å². The van der Waals surface area contributed by atoms with Crippen molar-refractivity contribution in [2.75, 3.05) is 6.61 Å². The lowest BCUT2D eigenvalue weighted by atomic mass is 10.2. The fourth-order valence-corrected chi connectivity index (χ4v) is 2.16. The van der Waals surface area contributed by atoms with Gasteiger partial charge in [-0.25, -0.2) is 0 Å². The van der Waals surface area contributed by atoms with E-state index in [0.717, 1.165) is 10.5 Å². The van der Waals surface area contributed by atoms with E-state index in [1.165, 1.54) is 18.7 Å². The first kappa shape index (κ1) is 13.8. The summed E-state index contributed by atoms with van der Waals surface area (Å²) in [5, 5.41) is -0.766. The van der Waals surface area contributed by atoms with E-state index in [4.69, 9.17) is 4.74 Å². The summed E-state index contributed by atoms with van der Waals surface area (Å²) in [6, 6.07) is 7.69. The lowest BCUT2D eigenvalue weighted by molar-refractivity contribution is -0.144. The number of hydrogen-bond donors (Lipinski definition) is 0. The fourth-order valence-electron chi connectivity index (χ4n) is 1.27. The summed E-state index contributed by atoms with van der Waals surface area (Å²) in [4.78, 5) is 23.9. The van der Waals surface area contributed by atoms with Crippen molar-refractivity contribution in [1.82, 2.24) is 0 Å². The van der Waals surface area contributed by atoms with E-state index in [2.05, 4.69) is 0 Å². The second-order valence-corrected chi connectivity index (χ2v) is 4.85. The predicted molar refractivity (Wildman–Crippen MR) is 68.1 cm³/mol. The Bertz CT molecular complexity index is 398. The molecule has 0 fully saturated rings. The van der Waals surface area contributed by atoms with Crippen LogP contribution in [0.3, 0.4) is 0 Å². The summed E-state index contributed by atoms with van der Waals surface area (Å²) in [7, 11) is 0. The third-order valence-electron chi connectivity index (χ3n) is 2.14. The molecule has 0 spiro atoms. The van der Waals surface area contributed by atoms with Crippen LogP contribution in [0.4, 0.5) is 0 Å². The average molecular weight is 252 g/mol. The van der Waals surface area contributed by atoms with E-state index in [1.807, 2.05) is 31.2 Å². The number of carbonyl (C=O) groups is 2. The molecule has 92 valence electrons. The van der Waals surface area contributed by atoms with Crippen LogP contribution in [0.15, 0.2) is 29.2 Å². The van der Waals surface area contributed by atoms with Gasteiger partial charge in [-0.05, 0) is 32.9 Å². The largest absolute Gasteiger partial charge is 0.465 e. The van der Waals surface area contributed by atoms with Crippen molar-refractivity contribution in [2.24, 2.45) is 0 Å². The van der Waals surface area contributed by atoms with Gasteiger partial charge in [-0.15, -0.1) is 11.8 Å². The minimum absolute atomic E-state index is 0.186. The van der Waals surface area contributed by atoms with Gasteiger partial charge in [0.05, 0.1) is 6.61 Å². The molecular weight excluding hydrogens is 236 g/mol. The van der Waals surface area contributed by atoms with Gasteiger partial charge in [-0.1, -0.05) is 17.7 Å². The zero-order valence-corrected chi connectivity index (χ0v) is 11.0. The molecule has 0 saturated carbocycles. The fraction of sp³-hybridized carbons (Fsp3) is 0.385. The average Bonchev–Trinajstić information content (AvgIpc) is 2.28. The summed E-state index contributed by atoms with van der Waals surface area (Å²) in [5.41, 5.74) is 1.14. The standard InChI is InChI=1S/C13H16O3S/c1-4-16-13(15)12(10(3)14)17-11-7-5-9(2)6-8-11/h5-8,12H,4H2,1-3H3. The maximum atomic E-state index is 11.6. The first-order valence-electron chi connectivity index (χ1n) is 5.45. The minimum atomic E-state index is -0.766. The SMILES string of the molecule is CCOC(=O)C(Sc1ccc(C)cc1)C(C)=O. The summed E-state index contributed by atoms with van der Waals surface area (Å²) in [6.45, 7) is 5.41. The molecule has 0 bridgehead atoms. The number of ether oxygens (including phenoxy) is 1. The summed E-state index contributed by atoms with van der Waals surface area (Å²) in [5.74, 6) is -0.653. The smallest absolute Gasteiger partial charge is 0.327 e. The molecule has 0 N–H and O–H groups in total. The molecule has 17 heavy (non-hydrogen) atoms. The van der Waals surface area contributed by atoms with Gasteiger partial charge in [-0.3, -0.25) is 9.59 Å². The van der Waals surface area contributed by atoms with Crippen LogP contribution >= 0.6 is 11.8 Å². The van der Waals surface area contributed by atoms with Crippen LogP contribution in [-0.4, -0.2) is 23.6 Å². The Morgan fingerprint density at radius 3 is 2.35 bits per heavy atom. The number of Topliss-reactive ketones (excluding diaryl/α,β-unsaturated/α-hetero) is 1. The number of thioether (sulfide) groups is 1. The van der Waals surface area contributed by atoms with Gasteiger partial charge >= 0.3 is 5.97 Å². The molecule has 1 atom stereocenters. The van der Waals surface area contributed by atoms with Gasteiger partial charge in [-0.2, -0.15) is 0 Å². The first-order valence-corrected chi connectivity index (χ1v) is 6.33. The maximum Gasteiger partial charge on any atom is 0.327 e. The molecule has 1 aromatic carbocycles. The van der Waals surface area contributed by atoms with Crippen LogP contribution in [0, 0.1) is 6.92 Å². The van der Waals surface area contributed by atoms with Crippen molar-refractivity contribution in [3.8, 4) is 0 Å². The first-order chi connectivity index (χ1) is 8.04. The Hall–Kier alpha value is -1.29. The molecule has 3 nitrogen and oxygen atoms in total. The van der Waals surface area contributed by atoms with E-state index < -0.39 is 11.2 Å². The number of benzene rings is 1. The van der Waals surface area contributed by atoms with Crippen molar-refractivity contribution in [3.05, 3.63) is 29.8 Å². The molecular formula is C13H16O3S. The van der Waals surface area contributed by atoms with Crippen LogP contribution in [0.1, 0.15) is 19.4 Å². The highest BCUT2D eigenvalue weighted by Crippen LogP contribution is 2.25. The highest BCUT2D eigenvalue weighted by atomic mass is 32.2. The molecule has 0 aliphatic rings. The van der Waals surface area contributed by atoms with E-state index >= 15 is 0 Å². The molecule has 0 radical (unpaired) electrons. The predicted octanol–water partition coefficient (Wildman–Crippen LogP) is 2.61. The Morgan fingerprint density at radius 2 is 1.88 bits per heavy atom. The number of rotatable bonds is 5. The maximum absolute atomic E-state index is 11.6. The zero-order valence-electron chi connectivity index (χ0n) is 10.2. The molecule has 0 aliphatic carbocycles. The normalized spacial score (nSPS) is 11.9. The van der Waals surface area contributed by atoms with E-state index in [-0.39, 0.29) is 12.4 Å². The lowest BCUT2D eigenvalue weighted by Gasteiger charge is -2.12. The van der Waals surface area contributed by atoms with E-state index in [0.29, 0.717) is 0 Å². The number of hydrogen-bond acceptors (Lipinski definition) is 4. The van der Waals surface area contributed by atoms with E-state index in [1.54, 1.807) is 6.92 Å². The van der Waals surface area contributed by atoms with Gasteiger partial charge in [0.15, 0.2) is 11.0 Å². The van der Waals surface area contributed by atoms with Crippen molar-refractivity contribution < 1.29 is 14.3 Å². The highest BCUT2D eigenvalue weighted by molar-refractivity contribution is 8.01. The van der Waals surface area contributed by atoms with Crippen molar-refractivity contribution in [3.63, 3.8) is 0 Å². The number of esters is 1. The quantitative estimate of drug-likeness (QED) is 0.459. The van der Waals surface area contributed by atoms with Gasteiger partial charge in [0.25, 0.3) is 0 Å². The van der Waals surface area contributed by atoms with Gasteiger partial charge in [0.2, 0.25) is 0 Å². The Morgan fingerprint density at radius 1 is 1.29 bits per heavy atom. The van der Waals surface area contributed by atoms with Crippen LogP contribution in [0.2, 0.25) is 0 Å². The van der Waals surface area contributed by atoms with Gasteiger partial charge in [0, 0.05) is 4.90 Å². The molecule has 0 aliphatic heterocycles. The number of ketones is 1. The van der Waals surface area contributed by atoms with Gasteiger partial charge < -0.3 is 4.74 Å². The molecule has 0 aromatic heterocycles. The number of carbonyl (C=O) groups excluding carboxylic acids is 2. The second-order valence-electron chi connectivity index (χ2n) is 3.67.